The number of aromatic nitrogens is 1. The largest absolute Gasteiger partial charge is 0.397 e. The Hall–Kier alpha value is -1.30. The second kappa shape index (κ2) is 5.86. The van der Waals surface area contributed by atoms with Crippen LogP contribution < -0.4 is 11.1 Å². The Morgan fingerprint density at radius 1 is 1.18 bits per heavy atom. The molecule has 3 N–H and O–H groups in total. The summed E-state index contributed by atoms with van der Waals surface area (Å²) in [7, 11) is 0. The first-order valence-electron chi connectivity index (χ1n) is 5.43. The van der Waals surface area contributed by atoms with Crippen molar-refractivity contribution in [2.24, 2.45) is 0 Å². The van der Waals surface area contributed by atoms with Crippen molar-refractivity contribution < 1.29 is 0 Å². The quantitative estimate of drug-likeness (QED) is 0.665. The van der Waals surface area contributed by atoms with Crippen molar-refractivity contribution in [2.75, 3.05) is 17.6 Å². The number of nitrogens with one attached hydrogen (secondary N) is 1. The van der Waals surface area contributed by atoms with E-state index >= 15 is 0 Å². The summed E-state index contributed by atoms with van der Waals surface area (Å²) in [4.78, 5) is 3.99. The van der Waals surface area contributed by atoms with E-state index in [0.717, 1.165) is 27.9 Å². The van der Waals surface area contributed by atoms with E-state index in [2.05, 4.69) is 32.9 Å². The number of nitrogens with zero attached hydrogens (tertiary/aromatic N) is 1. The third-order valence-corrected chi connectivity index (χ3v) is 3.16. The first kappa shape index (κ1) is 12.2. The zero-order chi connectivity index (χ0) is 12.1. The number of halogens is 1. The minimum Gasteiger partial charge on any atom is -0.397 e. The molecule has 17 heavy (non-hydrogen) atoms. The van der Waals surface area contributed by atoms with Gasteiger partial charge in [-0.3, -0.25) is 4.98 Å². The lowest BCUT2D eigenvalue weighted by atomic mass is 10.2. The monoisotopic (exact) mass is 339 g/mol. The maximum Gasteiger partial charge on any atom is 0.0574 e. The van der Waals surface area contributed by atoms with E-state index in [1.807, 2.05) is 42.7 Å². The highest BCUT2D eigenvalue weighted by Gasteiger charge is 1.99. The van der Waals surface area contributed by atoms with Gasteiger partial charge in [-0.2, -0.15) is 0 Å². The molecule has 3 nitrogen and oxygen atoms in total. The van der Waals surface area contributed by atoms with Gasteiger partial charge in [-0.05, 0) is 64.9 Å². The predicted molar refractivity (Wildman–Crippen MR) is 80.0 cm³/mol. The van der Waals surface area contributed by atoms with Gasteiger partial charge < -0.3 is 11.1 Å². The normalized spacial score (nSPS) is 10.2. The smallest absolute Gasteiger partial charge is 0.0574 e. The van der Waals surface area contributed by atoms with Gasteiger partial charge >= 0.3 is 0 Å². The third-order valence-electron chi connectivity index (χ3n) is 2.49. The minimum absolute atomic E-state index is 0.798. The van der Waals surface area contributed by atoms with Crippen LogP contribution in [-0.2, 0) is 6.42 Å². The molecule has 0 saturated carbocycles. The molecule has 0 aliphatic rings. The van der Waals surface area contributed by atoms with Crippen LogP contribution in [0.4, 0.5) is 11.4 Å². The predicted octanol–water partition coefficient (Wildman–Crippen LogP) is 2.92. The summed E-state index contributed by atoms with van der Waals surface area (Å²) >= 11 is 2.25. The van der Waals surface area contributed by atoms with Gasteiger partial charge in [0.05, 0.1) is 11.4 Å². The zero-order valence-corrected chi connectivity index (χ0v) is 11.5. The molecule has 0 atom stereocenters. The topological polar surface area (TPSA) is 50.9 Å². The van der Waals surface area contributed by atoms with Crippen LogP contribution in [0.1, 0.15) is 5.56 Å². The molecule has 0 spiro atoms. The van der Waals surface area contributed by atoms with E-state index in [4.69, 9.17) is 5.73 Å². The molecule has 0 amide bonds. The number of pyridine rings is 1. The summed E-state index contributed by atoms with van der Waals surface area (Å²) in [6, 6.07) is 10.1. The Labute approximate surface area is 115 Å². The molecule has 2 rings (SSSR count). The van der Waals surface area contributed by atoms with E-state index in [1.54, 1.807) is 0 Å². The fraction of sp³-hybridized carbons (Fsp3) is 0.154. The first-order chi connectivity index (χ1) is 8.25. The molecule has 0 unspecified atom stereocenters. The summed E-state index contributed by atoms with van der Waals surface area (Å²) in [5.41, 5.74) is 9.00. The van der Waals surface area contributed by atoms with Crippen LogP contribution in [0.5, 0.6) is 0 Å². The molecule has 0 aliphatic heterocycles. The molecule has 1 aromatic carbocycles. The van der Waals surface area contributed by atoms with Crippen molar-refractivity contribution in [1.82, 2.24) is 4.98 Å². The zero-order valence-electron chi connectivity index (χ0n) is 9.36. The van der Waals surface area contributed by atoms with Crippen molar-refractivity contribution in [3.63, 3.8) is 0 Å². The van der Waals surface area contributed by atoms with Gasteiger partial charge in [0.25, 0.3) is 0 Å². The average molecular weight is 339 g/mol. The Balaban J connectivity index is 1.90. The molecule has 0 bridgehead atoms. The van der Waals surface area contributed by atoms with Crippen LogP contribution in [0.2, 0.25) is 0 Å². The molecular formula is C13H14IN3. The van der Waals surface area contributed by atoms with Gasteiger partial charge in [-0.25, -0.2) is 0 Å². The Morgan fingerprint density at radius 3 is 2.65 bits per heavy atom. The molecule has 0 aliphatic carbocycles. The van der Waals surface area contributed by atoms with E-state index in [-0.39, 0.29) is 0 Å². The molecule has 0 radical (unpaired) electrons. The fourth-order valence-electron chi connectivity index (χ4n) is 1.59. The molecule has 0 fully saturated rings. The summed E-state index contributed by atoms with van der Waals surface area (Å²) in [6.07, 6.45) is 4.59. The van der Waals surface area contributed by atoms with E-state index in [9.17, 15) is 0 Å². The standard InChI is InChI=1S/C13H14IN3/c14-11-1-2-13(12(15)9-11)17-8-5-10-3-6-16-7-4-10/h1-4,6-7,9,17H,5,8,15H2. The highest BCUT2D eigenvalue weighted by molar-refractivity contribution is 14.1. The maximum absolute atomic E-state index is 5.92. The SMILES string of the molecule is Nc1cc(I)ccc1NCCc1ccncc1. The lowest BCUT2D eigenvalue weighted by Gasteiger charge is -2.09. The van der Waals surface area contributed by atoms with Gasteiger partial charge in [0.2, 0.25) is 0 Å². The van der Waals surface area contributed by atoms with Crippen molar-refractivity contribution in [3.8, 4) is 0 Å². The number of nitrogen functional groups attached to an aromatic ring is 1. The fourth-order valence-corrected chi connectivity index (χ4v) is 2.10. The number of benzene rings is 1. The highest BCUT2D eigenvalue weighted by atomic mass is 127. The molecule has 1 heterocycles. The Morgan fingerprint density at radius 2 is 1.94 bits per heavy atom. The van der Waals surface area contributed by atoms with Crippen LogP contribution in [0.25, 0.3) is 0 Å². The van der Waals surface area contributed by atoms with Crippen LogP contribution in [0, 0.1) is 3.57 Å². The van der Waals surface area contributed by atoms with Gasteiger partial charge in [0, 0.05) is 22.5 Å². The minimum atomic E-state index is 0.798. The average Bonchev–Trinajstić information content (AvgIpc) is 2.33. The second-order valence-electron chi connectivity index (χ2n) is 3.76. The molecule has 2 aromatic rings. The third kappa shape index (κ3) is 3.59. The van der Waals surface area contributed by atoms with Crippen LogP contribution in [-0.4, -0.2) is 11.5 Å². The highest BCUT2D eigenvalue weighted by Crippen LogP contribution is 2.20. The van der Waals surface area contributed by atoms with Crippen molar-refractivity contribution in [2.45, 2.75) is 6.42 Å². The molecule has 88 valence electrons. The van der Waals surface area contributed by atoms with Gasteiger partial charge in [-0.1, -0.05) is 0 Å². The van der Waals surface area contributed by atoms with Crippen LogP contribution >= 0.6 is 22.6 Å². The molecule has 4 heteroatoms. The van der Waals surface area contributed by atoms with E-state index in [1.165, 1.54) is 5.56 Å². The van der Waals surface area contributed by atoms with E-state index in [0.29, 0.717) is 0 Å². The molecular weight excluding hydrogens is 325 g/mol. The number of rotatable bonds is 4. The first-order valence-corrected chi connectivity index (χ1v) is 6.51. The summed E-state index contributed by atoms with van der Waals surface area (Å²) in [6.45, 7) is 0.870. The molecule has 0 saturated heterocycles. The van der Waals surface area contributed by atoms with Gasteiger partial charge in [-0.15, -0.1) is 0 Å². The van der Waals surface area contributed by atoms with Crippen molar-refractivity contribution in [1.29, 1.82) is 0 Å². The van der Waals surface area contributed by atoms with Gasteiger partial charge in [0.15, 0.2) is 0 Å². The van der Waals surface area contributed by atoms with Crippen LogP contribution in [0.3, 0.4) is 0 Å². The summed E-state index contributed by atoms with van der Waals surface area (Å²) in [5.74, 6) is 0. The van der Waals surface area contributed by atoms with Crippen molar-refractivity contribution in [3.05, 3.63) is 51.9 Å². The van der Waals surface area contributed by atoms with Crippen molar-refractivity contribution >= 4 is 34.0 Å². The maximum atomic E-state index is 5.92. The Bertz CT molecular complexity index is 485. The number of nitrogens with two attached hydrogens (primary N) is 1. The lowest BCUT2D eigenvalue weighted by molar-refractivity contribution is 1.01. The van der Waals surface area contributed by atoms with Crippen LogP contribution in [0.15, 0.2) is 42.7 Å². The lowest BCUT2D eigenvalue weighted by Crippen LogP contribution is -2.07. The Kier molecular flexibility index (Phi) is 4.19. The summed E-state index contributed by atoms with van der Waals surface area (Å²) in [5, 5.41) is 3.34. The number of anilines is 2. The second-order valence-corrected chi connectivity index (χ2v) is 5.01. The number of hydrogen-bond donors (Lipinski definition) is 2. The summed E-state index contributed by atoms with van der Waals surface area (Å²) < 4.78 is 1.15. The number of hydrogen-bond acceptors (Lipinski definition) is 3. The van der Waals surface area contributed by atoms with Gasteiger partial charge in [0.1, 0.15) is 0 Å². The molecule has 1 aromatic heterocycles. The van der Waals surface area contributed by atoms with E-state index < -0.39 is 0 Å².